The van der Waals surface area contributed by atoms with Crippen molar-refractivity contribution < 1.29 is 19.0 Å². The lowest BCUT2D eigenvalue weighted by Gasteiger charge is -2.10. The van der Waals surface area contributed by atoms with E-state index in [0.717, 1.165) is 0 Å². The van der Waals surface area contributed by atoms with Crippen LogP contribution in [0.3, 0.4) is 0 Å². The highest BCUT2D eigenvalue weighted by molar-refractivity contribution is 6.32. The van der Waals surface area contributed by atoms with E-state index in [1.54, 1.807) is 36.4 Å². The van der Waals surface area contributed by atoms with E-state index in [-0.39, 0.29) is 6.61 Å². The number of methoxy groups -OCH3 is 2. The summed E-state index contributed by atoms with van der Waals surface area (Å²) >= 11 is 6.10. The van der Waals surface area contributed by atoms with Gasteiger partial charge < -0.3 is 14.2 Å². The molecule has 7 nitrogen and oxygen atoms in total. The fourth-order valence-electron chi connectivity index (χ4n) is 2.05. The number of ether oxygens (including phenoxy) is 3. The van der Waals surface area contributed by atoms with Crippen molar-refractivity contribution in [2.24, 2.45) is 5.10 Å². The number of halogens is 1. The molecule has 1 N–H and O–H groups in total. The molecule has 0 spiro atoms. The minimum Gasteiger partial charge on any atom is -0.493 e. The molecule has 8 heteroatoms. The van der Waals surface area contributed by atoms with Crippen LogP contribution < -0.4 is 19.6 Å². The number of hydrogen-bond donors (Lipinski definition) is 1. The molecule has 0 radical (unpaired) electrons. The summed E-state index contributed by atoms with van der Waals surface area (Å²) in [5, 5.41) is 13.2. The molecular formula is C18H16ClN3O4. The maximum atomic E-state index is 11.8. The van der Waals surface area contributed by atoms with Gasteiger partial charge in [-0.15, -0.1) is 0 Å². The number of rotatable bonds is 7. The average molecular weight is 374 g/mol. The normalized spacial score (nSPS) is 10.2. The molecule has 0 atom stereocenters. The van der Waals surface area contributed by atoms with Crippen LogP contribution in [-0.4, -0.2) is 32.9 Å². The number of hydrazone groups is 1. The van der Waals surface area contributed by atoms with Crippen LogP contribution >= 0.6 is 11.6 Å². The first kappa shape index (κ1) is 19.1. The van der Waals surface area contributed by atoms with Gasteiger partial charge in [0.1, 0.15) is 11.8 Å². The Balaban J connectivity index is 1.95. The smallest absolute Gasteiger partial charge is 0.277 e. The molecule has 26 heavy (non-hydrogen) atoms. The number of nitriles is 1. The average Bonchev–Trinajstić information content (AvgIpc) is 2.66. The summed E-state index contributed by atoms with van der Waals surface area (Å²) in [6.45, 7) is -0.275. The summed E-state index contributed by atoms with van der Waals surface area (Å²) < 4.78 is 15.6. The third kappa shape index (κ3) is 4.88. The van der Waals surface area contributed by atoms with Gasteiger partial charge in [-0.25, -0.2) is 5.43 Å². The first-order valence-corrected chi connectivity index (χ1v) is 7.82. The van der Waals surface area contributed by atoms with Gasteiger partial charge >= 0.3 is 0 Å². The third-order valence-corrected chi connectivity index (χ3v) is 3.51. The number of amides is 1. The third-order valence-electron chi connectivity index (χ3n) is 3.23. The lowest BCUT2D eigenvalue weighted by molar-refractivity contribution is -0.123. The van der Waals surface area contributed by atoms with Crippen LogP contribution in [0.15, 0.2) is 41.5 Å². The highest BCUT2D eigenvalue weighted by Gasteiger charge is 2.10. The molecule has 2 aromatic carbocycles. The molecule has 0 unspecified atom stereocenters. The Morgan fingerprint density at radius 3 is 2.73 bits per heavy atom. The van der Waals surface area contributed by atoms with Crippen molar-refractivity contribution in [3.05, 3.63) is 52.5 Å². The molecule has 1 amide bonds. The standard InChI is InChI=1S/C18H16ClN3O4/c1-24-16-8-12(7-14(19)18(16)25-2)10-21-22-17(23)11-26-15-6-4-3-5-13(15)9-20/h3-8,10H,11H2,1-2H3,(H,22,23)/b21-10+. The molecule has 0 saturated carbocycles. The first-order chi connectivity index (χ1) is 12.6. The van der Waals surface area contributed by atoms with Crippen LogP contribution in [0.5, 0.6) is 17.2 Å². The van der Waals surface area contributed by atoms with E-state index in [0.29, 0.717) is 33.4 Å². The molecule has 0 aromatic heterocycles. The lowest BCUT2D eigenvalue weighted by Crippen LogP contribution is -2.24. The molecule has 134 valence electrons. The zero-order valence-corrected chi connectivity index (χ0v) is 14.9. The zero-order valence-electron chi connectivity index (χ0n) is 14.2. The van der Waals surface area contributed by atoms with Gasteiger partial charge in [-0.3, -0.25) is 4.79 Å². The van der Waals surface area contributed by atoms with E-state index in [1.165, 1.54) is 20.4 Å². The van der Waals surface area contributed by atoms with Crippen LogP contribution in [0.25, 0.3) is 0 Å². The SMILES string of the molecule is COc1cc(/C=N/NC(=O)COc2ccccc2C#N)cc(Cl)c1OC. The van der Waals surface area contributed by atoms with Gasteiger partial charge in [-0.1, -0.05) is 23.7 Å². The molecule has 0 aliphatic carbocycles. The van der Waals surface area contributed by atoms with Gasteiger partial charge in [0.15, 0.2) is 18.1 Å². The Labute approximate surface area is 155 Å². The summed E-state index contributed by atoms with van der Waals surface area (Å²) in [7, 11) is 2.98. The van der Waals surface area contributed by atoms with Gasteiger partial charge in [-0.05, 0) is 29.8 Å². The topological polar surface area (TPSA) is 92.9 Å². The number of nitrogens with one attached hydrogen (secondary N) is 1. The Bertz CT molecular complexity index is 862. The zero-order chi connectivity index (χ0) is 18.9. The predicted octanol–water partition coefficient (Wildman–Crippen LogP) is 2.76. The molecule has 0 fully saturated rings. The molecule has 0 aliphatic heterocycles. The lowest BCUT2D eigenvalue weighted by atomic mass is 10.2. The van der Waals surface area contributed by atoms with E-state index >= 15 is 0 Å². The van der Waals surface area contributed by atoms with Gasteiger partial charge in [0.25, 0.3) is 5.91 Å². The Hall–Kier alpha value is -3.24. The number of carbonyl (C=O) groups excluding carboxylic acids is 1. The van der Waals surface area contributed by atoms with Crippen molar-refractivity contribution in [2.75, 3.05) is 20.8 Å². The predicted molar refractivity (Wildman–Crippen MR) is 96.9 cm³/mol. The van der Waals surface area contributed by atoms with Gasteiger partial charge in [0, 0.05) is 0 Å². The molecule has 2 aromatic rings. The van der Waals surface area contributed by atoms with Gasteiger partial charge in [-0.2, -0.15) is 10.4 Å². The highest BCUT2D eigenvalue weighted by atomic mass is 35.5. The minimum absolute atomic E-state index is 0.275. The Morgan fingerprint density at radius 2 is 2.04 bits per heavy atom. The highest BCUT2D eigenvalue weighted by Crippen LogP contribution is 2.35. The van der Waals surface area contributed by atoms with E-state index in [9.17, 15) is 4.79 Å². The number of para-hydroxylation sites is 1. The molecule has 0 aliphatic rings. The largest absolute Gasteiger partial charge is 0.493 e. The Morgan fingerprint density at radius 1 is 1.27 bits per heavy atom. The second-order valence-corrected chi connectivity index (χ2v) is 5.34. The van der Waals surface area contributed by atoms with Crippen molar-refractivity contribution in [3.63, 3.8) is 0 Å². The fraction of sp³-hybridized carbons (Fsp3) is 0.167. The summed E-state index contributed by atoms with van der Waals surface area (Å²) in [5.74, 6) is 0.727. The number of benzene rings is 2. The van der Waals surface area contributed by atoms with Crippen LogP contribution in [0.2, 0.25) is 5.02 Å². The van der Waals surface area contributed by atoms with Crippen LogP contribution in [0, 0.1) is 11.3 Å². The van der Waals surface area contributed by atoms with Crippen molar-refractivity contribution in [1.82, 2.24) is 5.43 Å². The molecule has 0 saturated heterocycles. The maximum Gasteiger partial charge on any atom is 0.277 e. The van der Waals surface area contributed by atoms with Gasteiger partial charge in [0.2, 0.25) is 0 Å². The Kier molecular flexibility index (Phi) is 6.83. The second-order valence-electron chi connectivity index (χ2n) is 4.93. The summed E-state index contributed by atoms with van der Waals surface area (Å²) in [4.78, 5) is 11.8. The quantitative estimate of drug-likeness (QED) is 0.595. The fourth-order valence-corrected chi connectivity index (χ4v) is 2.35. The van der Waals surface area contributed by atoms with Crippen LogP contribution in [0.1, 0.15) is 11.1 Å². The van der Waals surface area contributed by atoms with E-state index in [4.69, 9.17) is 31.1 Å². The monoisotopic (exact) mass is 373 g/mol. The number of hydrogen-bond acceptors (Lipinski definition) is 6. The van der Waals surface area contributed by atoms with Crippen molar-refractivity contribution in [3.8, 4) is 23.3 Å². The molecule has 2 rings (SSSR count). The summed E-state index contributed by atoms with van der Waals surface area (Å²) in [5.41, 5.74) is 3.30. The van der Waals surface area contributed by atoms with Crippen molar-refractivity contribution in [1.29, 1.82) is 5.26 Å². The van der Waals surface area contributed by atoms with Gasteiger partial charge in [0.05, 0.1) is 31.0 Å². The number of nitrogens with zero attached hydrogens (tertiary/aromatic N) is 2. The second kappa shape index (κ2) is 9.30. The first-order valence-electron chi connectivity index (χ1n) is 7.44. The van der Waals surface area contributed by atoms with Crippen molar-refractivity contribution in [2.45, 2.75) is 0 Å². The molecule has 0 heterocycles. The molecular weight excluding hydrogens is 358 g/mol. The van der Waals surface area contributed by atoms with E-state index in [2.05, 4.69) is 10.5 Å². The minimum atomic E-state index is -0.472. The number of carbonyl (C=O) groups is 1. The van der Waals surface area contributed by atoms with Crippen molar-refractivity contribution >= 4 is 23.7 Å². The summed E-state index contributed by atoms with van der Waals surface area (Å²) in [6, 6.07) is 11.9. The van der Waals surface area contributed by atoms with E-state index < -0.39 is 5.91 Å². The maximum absolute atomic E-state index is 11.8. The van der Waals surface area contributed by atoms with Crippen LogP contribution in [0.4, 0.5) is 0 Å². The van der Waals surface area contributed by atoms with E-state index in [1.807, 2.05) is 6.07 Å². The molecule has 0 bridgehead atoms. The van der Waals surface area contributed by atoms with Crippen LogP contribution in [-0.2, 0) is 4.79 Å². The summed E-state index contributed by atoms with van der Waals surface area (Å²) in [6.07, 6.45) is 1.41.